The molecule has 0 aromatic heterocycles. The van der Waals surface area contributed by atoms with Crippen LogP contribution >= 0.6 is 0 Å². The maximum absolute atomic E-state index is 3.74. The minimum Gasteiger partial charge on any atom is -0.311 e. The lowest BCUT2D eigenvalue weighted by molar-refractivity contribution is 0.0977. The predicted molar refractivity (Wildman–Crippen MR) is 94.8 cm³/mol. The summed E-state index contributed by atoms with van der Waals surface area (Å²) in [6.07, 6.45) is 6.94. The van der Waals surface area contributed by atoms with E-state index in [0.29, 0.717) is 5.41 Å². The largest absolute Gasteiger partial charge is 0.311 e. The van der Waals surface area contributed by atoms with Gasteiger partial charge in [0.05, 0.1) is 0 Å². The first kappa shape index (κ1) is 19.0. The van der Waals surface area contributed by atoms with E-state index in [1.54, 1.807) is 0 Å². The molecule has 0 heterocycles. The molecule has 1 unspecified atom stereocenters. The topological polar surface area (TPSA) is 15.3 Å². The van der Waals surface area contributed by atoms with Gasteiger partial charge >= 0.3 is 0 Å². The van der Waals surface area contributed by atoms with E-state index in [0.717, 1.165) is 18.5 Å². The second-order valence-corrected chi connectivity index (χ2v) is 9.03. The highest BCUT2D eigenvalue weighted by molar-refractivity contribution is 4.87. The maximum atomic E-state index is 3.74. The van der Waals surface area contributed by atoms with Gasteiger partial charge < -0.3 is 5.32 Å². The average Bonchev–Trinajstić information content (AvgIpc) is 2.88. The lowest BCUT2D eigenvalue weighted by Gasteiger charge is -2.40. The predicted octanol–water partition coefficient (Wildman–Crippen LogP) is 4.69. The molecule has 0 aliphatic heterocycles. The molecule has 1 fully saturated rings. The molecular formula is C19H40N2. The Balaban J connectivity index is 2.67. The molecule has 2 nitrogen and oxygen atoms in total. The molecule has 0 radical (unpaired) electrons. The van der Waals surface area contributed by atoms with Crippen LogP contribution in [0.4, 0.5) is 0 Å². The average molecular weight is 297 g/mol. The van der Waals surface area contributed by atoms with Gasteiger partial charge in [0.25, 0.3) is 0 Å². The molecule has 0 amide bonds. The number of hydrogen-bond donors (Lipinski definition) is 1. The summed E-state index contributed by atoms with van der Waals surface area (Å²) in [7, 11) is 0. The Morgan fingerprint density at radius 1 is 1.10 bits per heavy atom. The van der Waals surface area contributed by atoms with Crippen LogP contribution in [-0.2, 0) is 0 Å². The summed E-state index contributed by atoms with van der Waals surface area (Å²) in [5.41, 5.74) is 0.595. The van der Waals surface area contributed by atoms with Gasteiger partial charge in [0.1, 0.15) is 0 Å². The molecule has 0 aromatic carbocycles. The van der Waals surface area contributed by atoms with Crippen LogP contribution in [0.1, 0.15) is 80.6 Å². The highest BCUT2D eigenvalue weighted by Crippen LogP contribution is 2.29. The highest BCUT2D eigenvalue weighted by Gasteiger charge is 2.31. The monoisotopic (exact) mass is 296 g/mol. The molecule has 1 aliphatic carbocycles. The van der Waals surface area contributed by atoms with Crippen molar-refractivity contribution in [1.82, 2.24) is 10.2 Å². The van der Waals surface area contributed by atoms with Crippen molar-refractivity contribution in [3.05, 3.63) is 0 Å². The Hall–Kier alpha value is -0.0800. The van der Waals surface area contributed by atoms with Crippen LogP contribution in [0.3, 0.4) is 0 Å². The van der Waals surface area contributed by atoms with E-state index in [1.165, 1.54) is 45.2 Å². The molecule has 126 valence electrons. The summed E-state index contributed by atoms with van der Waals surface area (Å²) < 4.78 is 0. The van der Waals surface area contributed by atoms with Crippen molar-refractivity contribution in [3.63, 3.8) is 0 Å². The molecule has 2 heteroatoms. The molecule has 1 aliphatic rings. The minimum absolute atomic E-state index is 0.215. The van der Waals surface area contributed by atoms with Gasteiger partial charge in [0.15, 0.2) is 0 Å². The summed E-state index contributed by atoms with van der Waals surface area (Å²) in [5.74, 6) is 0.766. The van der Waals surface area contributed by atoms with Crippen LogP contribution < -0.4 is 5.32 Å². The van der Waals surface area contributed by atoms with Gasteiger partial charge in [0.2, 0.25) is 0 Å². The van der Waals surface area contributed by atoms with Crippen LogP contribution in [0.15, 0.2) is 0 Å². The number of hydrogen-bond acceptors (Lipinski definition) is 2. The van der Waals surface area contributed by atoms with Crippen molar-refractivity contribution >= 4 is 0 Å². The van der Waals surface area contributed by atoms with E-state index >= 15 is 0 Å². The lowest BCUT2D eigenvalue weighted by atomic mass is 9.85. The van der Waals surface area contributed by atoms with Gasteiger partial charge in [0, 0.05) is 31.2 Å². The summed E-state index contributed by atoms with van der Waals surface area (Å²) in [4.78, 5) is 2.81. The fourth-order valence-electron chi connectivity index (χ4n) is 3.34. The normalized spacial score (nSPS) is 20.4. The molecule has 1 rings (SSSR count). The molecule has 1 N–H and O–H groups in total. The summed E-state index contributed by atoms with van der Waals surface area (Å²) in [6.45, 7) is 20.0. The van der Waals surface area contributed by atoms with E-state index in [1.807, 2.05) is 0 Å². The molecule has 1 saturated carbocycles. The first-order valence-corrected chi connectivity index (χ1v) is 9.14. The Morgan fingerprint density at radius 2 is 1.67 bits per heavy atom. The second kappa shape index (κ2) is 7.97. The molecule has 1 atom stereocenters. The van der Waals surface area contributed by atoms with Crippen LogP contribution in [0.5, 0.6) is 0 Å². The Morgan fingerprint density at radius 3 is 2.10 bits per heavy atom. The Bertz CT molecular complexity index is 286. The van der Waals surface area contributed by atoms with Gasteiger partial charge in [-0.1, -0.05) is 40.5 Å². The summed E-state index contributed by atoms with van der Waals surface area (Å²) in [6, 6.07) is 0.841. The smallest absolute Gasteiger partial charge is 0.00967 e. The fourth-order valence-corrected chi connectivity index (χ4v) is 3.34. The fraction of sp³-hybridized carbons (Fsp3) is 1.00. The van der Waals surface area contributed by atoms with E-state index in [9.17, 15) is 0 Å². The van der Waals surface area contributed by atoms with Crippen molar-refractivity contribution in [2.75, 3.05) is 19.6 Å². The van der Waals surface area contributed by atoms with E-state index < -0.39 is 0 Å². The van der Waals surface area contributed by atoms with Gasteiger partial charge in [-0.3, -0.25) is 4.90 Å². The van der Waals surface area contributed by atoms with Crippen LogP contribution in [0.2, 0.25) is 0 Å². The SMILES string of the molecule is CCC(C)(CNC(C)(C)C)CN(CC(C)C)C1CCCC1. The number of rotatable bonds is 8. The zero-order chi connectivity index (χ0) is 16.1. The van der Waals surface area contributed by atoms with Crippen molar-refractivity contribution in [2.24, 2.45) is 11.3 Å². The van der Waals surface area contributed by atoms with Crippen molar-refractivity contribution in [2.45, 2.75) is 92.2 Å². The first-order valence-electron chi connectivity index (χ1n) is 9.14. The quantitative estimate of drug-likeness (QED) is 0.699. The standard InChI is InChI=1S/C19H40N2/c1-8-19(7,14-20-18(4,5)6)15-21(13-16(2)3)17-11-9-10-12-17/h16-17,20H,8-15H2,1-7H3. The lowest BCUT2D eigenvalue weighted by Crippen LogP contribution is -2.49. The van der Waals surface area contributed by atoms with Crippen molar-refractivity contribution in [1.29, 1.82) is 0 Å². The molecule has 0 spiro atoms. The minimum atomic E-state index is 0.215. The third kappa shape index (κ3) is 7.15. The number of nitrogens with zero attached hydrogens (tertiary/aromatic N) is 1. The van der Waals surface area contributed by atoms with Gasteiger partial charge in [-0.05, 0) is 51.4 Å². The zero-order valence-corrected chi connectivity index (χ0v) is 15.8. The van der Waals surface area contributed by atoms with Gasteiger partial charge in [-0.25, -0.2) is 0 Å². The molecular weight excluding hydrogens is 256 g/mol. The second-order valence-electron chi connectivity index (χ2n) is 9.03. The molecule has 0 aromatic rings. The van der Waals surface area contributed by atoms with Crippen LogP contribution in [0, 0.1) is 11.3 Å². The van der Waals surface area contributed by atoms with E-state index in [2.05, 4.69) is 58.7 Å². The zero-order valence-electron chi connectivity index (χ0n) is 15.8. The third-order valence-electron chi connectivity index (χ3n) is 4.92. The number of nitrogens with one attached hydrogen (secondary N) is 1. The third-order valence-corrected chi connectivity index (χ3v) is 4.92. The summed E-state index contributed by atoms with van der Waals surface area (Å²) >= 11 is 0. The van der Waals surface area contributed by atoms with Crippen LogP contribution in [0.25, 0.3) is 0 Å². The Kier molecular flexibility index (Phi) is 7.19. The highest BCUT2D eigenvalue weighted by atomic mass is 15.2. The molecule has 0 bridgehead atoms. The summed E-state index contributed by atoms with van der Waals surface area (Å²) in [5, 5.41) is 3.74. The van der Waals surface area contributed by atoms with Crippen molar-refractivity contribution in [3.8, 4) is 0 Å². The van der Waals surface area contributed by atoms with Crippen molar-refractivity contribution < 1.29 is 0 Å². The molecule has 21 heavy (non-hydrogen) atoms. The molecule has 0 saturated heterocycles. The first-order chi connectivity index (χ1) is 9.65. The maximum Gasteiger partial charge on any atom is 0.00967 e. The van der Waals surface area contributed by atoms with Gasteiger partial charge in [-0.2, -0.15) is 0 Å². The van der Waals surface area contributed by atoms with Crippen LogP contribution in [-0.4, -0.2) is 36.1 Å². The van der Waals surface area contributed by atoms with E-state index in [-0.39, 0.29) is 5.54 Å². The van der Waals surface area contributed by atoms with E-state index in [4.69, 9.17) is 0 Å². The Labute approximate surface area is 134 Å². The van der Waals surface area contributed by atoms with Gasteiger partial charge in [-0.15, -0.1) is 0 Å².